The number of benzene rings is 1. The van der Waals surface area contributed by atoms with Crippen LogP contribution in [0.1, 0.15) is 17.3 Å². The molecule has 1 N–H and O–H groups in total. The van der Waals surface area contributed by atoms with Crippen molar-refractivity contribution < 1.29 is 4.52 Å². The SMILES string of the molecule is Cc1noc(CSc2nnc(NCc3ccccc3)s2)n1. The summed E-state index contributed by atoms with van der Waals surface area (Å²) in [5.74, 6) is 1.85. The van der Waals surface area contributed by atoms with E-state index >= 15 is 0 Å². The smallest absolute Gasteiger partial charge is 0.237 e. The molecule has 0 unspecified atom stereocenters. The lowest BCUT2D eigenvalue weighted by Gasteiger charge is -2.00. The van der Waals surface area contributed by atoms with E-state index in [-0.39, 0.29) is 0 Å². The standard InChI is InChI=1S/C13H13N5OS2/c1-9-15-11(19-18-9)8-20-13-17-16-12(21-13)14-7-10-5-3-2-4-6-10/h2-6H,7-8H2,1H3,(H,14,16). The van der Waals surface area contributed by atoms with Crippen molar-refractivity contribution >= 4 is 28.2 Å². The minimum atomic E-state index is 0.603. The van der Waals surface area contributed by atoms with Gasteiger partial charge in [0, 0.05) is 6.54 Å². The molecular formula is C13H13N5OS2. The Morgan fingerprint density at radius 3 is 2.86 bits per heavy atom. The molecule has 6 nitrogen and oxygen atoms in total. The van der Waals surface area contributed by atoms with E-state index in [1.807, 2.05) is 18.2 Å². The molecule has 0 atom stereocenters. The average molecular weight is 319 g/mol. The first-order valence-corrected chi connectivity index (χ1v) is 8.13. The van der Waals surface area contributed by atoms with Crippen LogP contribution in [0.15, 0.2) is 39.2 Å². The fraction of sp³-hybridized carbons (Fsp3) is 0.231. The third-order valence-electron chi connectivity index (χ3n) is 2.58. The highest BCUT2D eigenvalue weighted by molar-refractivity contribution is 8.00. The number of nitrogens with zero attached hydrogens (tertiary/aromatic N) is 4. The summed E-state index contributed by atoms with van der Waals surface area (Å²) >= 11 is 3.06. The maximum Gasteiger partial charge on any atom is 0.237 e. The molecule has 0 saturated heterocycles. The lowest BCUT2D eigenvalue weighted by Crippen LogP contribution is -1.98. The second kappa shape index (κ2) is 6.68. The minimum absolute atomic E-state index is 0.603. The number of hydrogen-bond donors (Lipinski definition) is 1. The molecule has 0 amide bonds. The van der Waals surface area contributed by atoms with Crippen LogP contribution in [0.3, 0.4) is 0 Å². The van der Waals surface area contributed by atoms with Gasteiger partial charge in [-0.15, -0.1) is 10.2 Å². The molecule has 0 spiro atoms. The number of nitrogens with one attached hydrogen (secondary N) is 1. The van der Waals surface area contributed by atoms with Crippen molar-refractivity contribution in [3.05, 3.63) is 47.6 Å². The Labute approximate surface area is 130 Å². The van der Waals surface area contributed by atoms with Crippen molar-refractivity contribution in [1.82, 2.24) is 20.3 Å². The highest BCUT2D eigenvalue weighted by Crippen LogP contribution is 2.28. The molecular weight excluding hydrogens is 306 g/mol. The number of hydrogen-bond acceptors (Lipinski definition) is 8. The number of rotatable bonds is 6. The third kappa shape index (κ3) is 4.02. The van der Waals surface area contributed by atoms with Gasteiger partial charge in [-0.3, -0.25) is 0 Å². The lowest BCUT2D eigenvalue weighted by molar-refractivity contribution is 0.387. The van der Waals surface area contributed by atoms with Crippen LogP contribution in [0.2, 0.25) is 0 Å². The molecule has 0 saturated carbocycles. The van der Waals surface area contributed by atoms with E-state index in [1.165, 1.54) is 28.7 Å². The van der Waals surface area contributed by atoms with E-state index < -0.39 is 0 Å². The van der Waals surface area contributed by atoms with E-state index in [2.05, 4.69) is 37.8 Å². The second-order valence-electron chi connectivity index (χ2n) is 4.24. The number of anilines is 1. The van der Waals surface area contributed by atoms with Crippen LogP contribution in [0, 0.1) is 6.92 Å². The topological polar surface area (TPSA) is 76.7 Å². The minimum Gasteiger partial charge on any atom is -0.356 e. The van der Waals surface area contributed by atoms with Gasteiger partial charge in [0.05, 0.1) is 5.75 Å². The predicted octanol–water partition coefficient (Wildman–Crippen LogP) is 3.13. The molecule has 21 heavy (non-hydrogen) atoms. The van der Waals surface area contributed by atoms with E-state index in [4.69, 9.17) is 4.52 Å². The molecule has 0 aliphatic carbocycles. The molecule has 3 rings (SSSR count). The summed E-state index contributed by atoms with van der Waals surface area (Å²) in [6.45, 7) is 2.54. The molecule has 8 heteroatoms. The van der Waals surface area contributed by atoms with Gasteiger partial charge >= 0.3 is 0 Å². The van der Waals surface area contributed by atoms with Gasteiger partial charge in [-0.2, -0.15) is 4.98 Å². The highest BCUT2D eigenvalue weighted by atomic mass is 32.2. The Morgan fingerprint density at radius 1 is 1.24 bits per heavy atom. The van der Waals surface area contributed by atoms with Crippen LogP contribution >= 0.6 is 23.1 Å². The van der Waals surface area contributed by atoms with Gasteiger partial charge in [-0.25, -0.2) is 0 Å². The summed E-state index contributed by atoms with van der Waals surface area (Å²) in [4.78, 5) is 4.15. The highest BCUT2D eigenvalue weighted by Gasteiger charge is 2.08. The Morgan fingerprint density at radius 2 is 2.10 bits per heavy atom. The fourth-order valence-corrected chi connectivity index (χ4v) is 3.22. The molecule has 0 aliphatic rings. The van der Waals surface area contributed by atoms with Gasteiger partial charge in [-0.1, -0.05) is 58.6 Å². The maximum absolute atomic E-state index is 5.06. The molecule has 108 valence electrons. The zero-order chi connectivity index (χ0) is 14.5. The van der Waals surface area contributed by atoms with E-state index in [0.717, 1.165) is 16.0 Å². The average Bonchev–Trinajstić information content (AvgIpc) is 3.13. The van der Waals surface area contributed by atoms with Gasteiger partial charge in [0.2, 0.25) is 11.0 Å². The largest absolute Gasteiger partial charge is 0.356 e. The Bertz CT molecular complexity index is 697. The summed E-state index contributed by atoms with van der Waals surface area (Å²) in [5.41, 5.74) is 1.21. The Balaban J connectivity index is 1.51. The zero-order valence-electron chi connectivity index (χ0n) is 11.3. The van der Waals surface area contributed by atoms with Crippen LogP contribution in [-0.4, -0.2) is 20.3 Å². The summed E-state index contributed by atoms with van der Waals surface area (Å²) in [6.07, 6.45) is 0. The summed E-state index contributed by atoms with van der Waals surface area (Å²) in [7, 11) is 0. The fourth-order valence-electron chi connectivity index (χ4n) is 1.64. The number of aryl methyl sites for hydroxylation is 1. The van der Waals surface area contributed by atoms with Crippen molar-refractivity contribution in [3.63, 3.8) is 0 Å². The van der Waals surface area contributed by atoms with Crippen LogP contribution in [-0.2, 0) is 12.3 Å². The molecule has 2 heterocycles. The molecule has 0 bridgehead atoms. The molecule has 2 aromatic heterocycles. The van der Waals surface area contributed by atoms with E-state index in [1.54, 1.807) is 6.92 Å². The molecule has 3 aromatic rings. The van der Waals surface area contributed by atoms with Crippen molar-refractivity contribution in [2.75, 3.05) is 5.32 Å². The maximum atomic E-state index is 5.06. The van der Waals surface area contributed by atoms with Crippen LogP contribution in [0.5, 0.6) is 0 Å². The van der Waals surface area contributed by atoms with E-state index in [9.17, 15) is 0 Å². The van der Waals surface area contributed by atoms with Crippen LogP contribution in [0.4, 0.5) is 5.13 Å². The van der Waals surface area contributed by atoms with E-state index in [0.29, 0.717) is 17.5 Å². The zero-order valence-corrected chi connectivity index (χ0v) is 12.9. The van der Waals surface area contributed by atoms with Crippen molar-refractivity contribution in [3.8, 4) is 0 Å². The summed E-state index contributed by atoms with van der Waals surface area (Å²) < 4.78 is 5.93. The molecule has 1 aromatic carbocycles. The first kappa shape index (κ1) is 14.0. The monoisotopic (exact) mass is 319 g/mol. The lowest BCUT2D eigenvalue weighted by atomic mass is 10.2. The molecule has 0 radical (unpaired) electrons. The van der Waals surface area contributed by atoms with Crippen molar-refractivity contribution in [2.24, 2.45) is 0 Å². The van der Waals surface area contributed by atoms with Gasteiger partial charge in [0.25, 0.3) is 0 Å². The van der Waals surface area contributed by atoms with Gasteiger partial charge in [-0.05, 0) is 12.5 Å². The quantitative estimate of drug-likeness (QED) is 0.699. The van der Waals surface area contributed by atoms with Crippen molar-refractivity contribution in [1.29, 1.82) is 0 Å². The summed E-state index contributed by atoms with van der Waals surface area (Å²) in [6, 6.07) is 10.2. The molecule has 0 aliphatic heterocycles. The predicted molar refractivity (Wildman–Crippen MR) is 82.3 cm³/mol. The van der Waals surface area contributed by atoms with Gasteiger partial charge in [0.15, 0.2) is 10.2 Å². The first-order chi connectivity index (χ1) is 10.3. The summed E-state index contributed by atoms with van der Waals surface area (Å²) in [5, 5.41) is 16.1. The number of aromatic nitrogens is 4. The Hall–Kier alpha value is -1.93. The third-order valence-corrected chi connectivity index (χ3v) is 4.58. The Kier molecular flexibility index (Phi) is 4.46. The first-order valence-electron chi connectivity index (χ1n) is 6.33. The van der Waals surface area contributed by atoms with Gasteiger partial charge in [0.1, 0.15) is 0 Å². The number of thioether (sulfide) groups is 1. The van der Waals surface area contributed by atoms with Crippen LogP contribution in [0.25, 0.3) is 0 Å². The van der Waals surface area contributed by atoms with Crippen molar-refractivity contribution in [2.45, 2.75) is 23.6 Å². The van der Waals surface area contributed by atoms with Gasteiger partial charge < -0.3 is 9.84 Å². The normalized spacial score (nSPS) is 10.7. The van der Waals surface area contributed by atoms with Crippen LogP contribution < -0.4 is 5.32 Å². The molecule has 0 fully saturated rings. The second-order valence-corrected chi connectivity index (χ2v) is 6.44.